The zero-order valence-electron chi connectivity index (χ0n) is 11.0. The van der Waals surface area contributed by atoms with Crippen molar-refractivity contribution in [3.05, 3.63) is 0 Å². The number of piperidine rings is 1. The van der Waals surface area contributed by atoms with Crippen molar-refractivity contribution in [2.24, 2.45) is 5.92 Å². The molecule has 1 aliphatic rings. The molecule has 1 heterocycles. The topological polar surface area (TPSA) is 41.6 Å². The van der Waals surface area contributed by atoms with E-state index in [2.05, 4.69) is 17.0 Å². The van der Waals surface area contributed by atoms with Crippen LogP contribution in [-0.4, -0.2) is 56.6 Å². The molecule has 106 valence electrons. The van der Waals surface area contributed by atoms with Crippen molar-refractivity contribution in [1.82, 2.24) is 10.2 Å². The maximum absolute atomic E-state index is 12.2. The smallest absolute Gasteiger partial charge is 0.319 e. The van der Waals surface area contributed by atoms with Crippen LogP contribution in [0.4, 0.5) is 8.78 Å². The summed E-state index contributed by atoms with van der Waals surface area (Å²) in [5, 5.41) is 2.86. The van der Waals surface area contributed by atoms with Gasteiger partial charge in [0.25, 0.3) is 6.43 Å². The van der Waals surface area contributed by atoms with Gasteiger partial charge < -0.3 is 10.1 Å². The van der Waals surface area contributed by atoms with Crippen LogP contribution in [0.15, 0.2) is 0 Å². The molecular formula is C12H22F2N2O2. The molecular weight excluding hydrogens is 242 g/mol. The number of esters is 1. The van der Waals surface area contributed by atoms with Crippen LogP contribution < -0.4 is 5.32 Å². The lowest BCUT2D eigenvalue weighted by molar-refractivity contribution is -0.142. The molecule has 2 atom stereocenters. The summed E-state index contributed by atoms with van der Waals surface area (Å²) < 4.78 is 29.0. The maximum Gasteiger partial charge on any atom is 0.319 e. The number of rotatable bonds is 6. The summed E-state index contributed by atoms with van der Waals surface area (Å²) >= 11 is 0. The van der Waals surface area contributed by atoms with E-state index in [1.54, 1.807) is 0 Å². The first kappa shape index (κ1) is 15.3. The van der Waals surface area contributed by atoms with Gasteiger partial charge in [-0.2, -0.15) is 0 Å². The third kappa shape index (κ3) is 5.27. The number of halogens is 2. The van der Waals surface area contributed by atoms with Crippen LogP contribution in [0.3, 0.4) is 0 Å². The number of methoxy groups -OCH3 is 1. The molecule has 1 aliphatic heterocycles. The Morgan fingerprint density at radius 1 is 1.50 bits per heavy atom. The van der Waals surface area contributed by atoms with Crippen LogP contribution in [0.5, 0.6) is 0 Å². The molecule has 0 aromatic carbocycles. The number of hydrogen-bond donors (Lipinski definition) is 1. The second-order valence-electron chi connectivity index (χ2n) is 4.78. The first-order valence-corrected chi connectivity index (χ1v) is 6.35. The van der Waals surface area contributed by atoms with Crippen LogP contribution in [0.1, 0.15) is 19.8 Å². The number of carbonyl (C=O) groups excluding carboxylic acids is 1. The van der Waals surface area contributed by atoms with E-state index in [4.69, 9.17) is 0 Å². The van der Waals surface area contributed by atoms with Gasteiger partial charge in [-0.05, 0) is 12.3 Å². The Labute approximate surface area is 107 Å². The normalized spacial score (nSPS) is 25.4. The van der Waals surface area contributed by atoms with Crippen molar-refractivity contribution in [1.29, 1.82) is 0 Å². The van der Waals surface area contributed by atoms with Gasteiger partial charge in [0.15, 0.2) is 0 Å². The minimum atomic E-state index is -2.33. The summed E-state index contributed by atoms with van der Waals surface area (Å²) in [7, 11) is 1.36. The summed E-state index contributed by atoms with van der Waals surface area (Å²) in [6.45, 7) is 3.49. The lowest BCUT2D eigenvalue weighted by Gasteiger charge is -2.37. The molecule has 0 aliphatic carbocycles. The molecule has 1 N–H and O–H groups in total. The van der Waals surface area contributed by atoms with Crippen molar-refractivity contribution < 1.29 is 18.3 Å². The van der Waals surface area contributed by atoms with Gasteiger partial charge in [-0.1, -0.05) is 13.3 Å². The average Bonchev–Trinajstić information content (AvgIpc) is 2.35. The Morgan fingerprint density at radius 2 is 2.22 bits per heavy atom. The number of hydrogen-bond acceptors (Lipinski definition) is 4. The van der Waals surface area contributed by atoms with Crippen molar-refractivity contribution in [2.75, 3.05) is 33.3 Å². The van der Waals surface area contributed by atoms with Crippen molar-refractivity contribution >= 4 is 5.97 Å². The number of ether oxygens (including phenoxy) is 1. The molecule has 4 nitrogen and oxygen atoms in total. The third-order valence-corrected chi connectivity index (χ3v) is 3.33. The van der Waals surface area contributed by atoms with Crippen LogP contribution in [0.25, 0.3) is 0 Å². The Balaban J connectivity index is 2.46. The predicted octanol–water partition coefficient (Wildman–Crippen LogP) is 1.11. The van der Waals surface area contributed by atoms with Gasteiger partial charge in [0.05, 0.1) is 20.2 Å². The Morgan fingerprint density at radius 3 is 2.78 bits per heavy atom. The van der Waals surface area contributed by atoms with E-state index in [9.17, 15) is 13.6 Å². The highest BCUT2D eigenvalue weighted by atomic mass is 19.3. The van der Waals surface area contributed by atoms with Crippen molar-refractivity contribution in [3.63, 3.8) is 0 Å². The minimum absolute atomic E-state index is 0.0300. The summed E-state index contributed by atoms with van der Waals surface area (Å²) in [5.41, 5.74) is 0. The van der Waals surface area contributed by atoms with E-state index in [1.165, 1.54) is 7.11 Å². The van der Waals surface area contributed by atoms with Crippen molar-refractivity contribution in [2.45, 2.75) is 32.2 Å². The standard InChI is InChI=1S/C12H22F2N2O2/c1-3-9-4-10(15-5-11(13)14)7-16(6-9)8-12(17)18-2/h9-11,15H,3-8H2,1-2H3. The molecule has 0 saturated carbocycles. The van der Waals surface area contributed by atoms with Gasteiger partial charge in [0.2, 0.25) is 0 Å². The van der Waals surface area contributed by atoms with Gasteiger partial charge in [0, 0.05) is 19.1 Å². The predicted molar refractivity (Wildman–Crippen MR) is 64.6 cm³/mol. The summed E-state index contributed by atoms with van der Waals surface area (Å²) in [5.74, 6) is 0.165. The lowest BCUT2D eigenvalue weighted by atomic mass is 9.92. The fourth-order valence-electron chi connectivity index (χ4n) is 2.38. The van der Waals surface area contributed by atoms with E-state index in [0.717, 1.165) is 19.4 Å². The monoisotopic (exact) mass is 264 g/mol. The Bertz CT molecular complexity index is 264. The zero-order chi connectivity index (χ0) is 13.5. The van der Waals surface area contributed by atoms with E-state index < -0.39 is 6.43 Å². The van der Waals surface area contributed by atoms with Gasteiger partial charge in [-0.3, -0.25) is 9.69 Å². The Kier molecular flexibility index (Phi) is 6.49. The van der Waals surface area contributed by atoms with Crippen LogP contribution in [0, 0.1) is 5.92 Å². The molecule has 0 spiro atoms. The molecule has 6 heteroatoms. The lowest BCUT2D eigenvalue weighted by Crippen LogP contribution is -2.51. The van der Waals surface area contributed by atoms with E-state index >= 15 is 0 Å². The maximum atomic E-state index is 12.2. The first-order valence-electron chi connectivity index (χ1n) is 6.35. The van der Waals surface area contributed by atoms with E-state index in [1.807, 2.05) is 4.90 Å². The van der Waals surface area contributed by atoms with Crippen molar-refractivity contribution in [3.8, 4) is 0 Å². The average molecular weight is 264 g/mol. The highest BCUT2D eigenvalue weighted by Crippen LogP contribution is 2.19. The molecule has 0 amide bonds. The molecule has 1 saturated heterocycles. The summed E-state index contributed by atoms with van der Waals surface area (Å²) in [6.07, 6.45) is -0.452. The quantitative estimate of drug-likeness (QED) is 0.730. The SMILES string of the molecule is CCC1CC(NCC(F)F)CN(CC(=O)OC)C1. The fraction of sp³-hybridized carbons (Fsp3) is 0.917. The largest absolute Gasteiger partial charge is 0.468 e. The van der Waals surface area contributed by atoms with E-state index in [0.29, 0.717) is 12.5 Å². The third-order valence-electron chi connectivity index (χ3n) is 3.33. The van der Waals surface area contributed by atoms with Gasteiger partial charge in [-0.15, -0.1) is 0 Å². The molecule has 1 rings (SSSR count). The zero-order valence-corrected chi connectivity index (χ0v) is 11.0. The van der Waals surface area contributed by atoms with Crippen LogP contribution >= 0.6 is 0 Å². The summed E-state index contributed by atoms with van der Waals surface area (Å²) in [4.78, 5) is 13.2. The number of alkyl halides is 2. The minimum Gasteiger partial charge on any atom is -0.468 e. The molecule has 2 unspecified atom stereocenters. The second-order valence-corrected chi connectivity index (χ2v) is 4.78. The molecule has 0 aromatic heterocycles. The fourth-order valence-corrected chi connectivity index (χ4v) is 2.38. The molecule has 0 aromatic rings. The Hall–Kier alpha value is -0.750. The highest BCUT2D eigenvalue weighted by molar-refractivity contribution is 5.71. The van der Waals surface area contributed by atoms with Crippen LogP contribution in [0.2, 0.25) is 0 Å². The van der Waals surface area contributed by atoms with Gasteiger partial charge >= 0.3 is 5.97 Å². The molecule has 0 radical (unpaired) electrons. The highest BCUT2D eigenvalue weighted by Gasteiger charge is 2.27. The number of nitrogens with one attached hydrogen (secondary N) is 1. The van der Waals surface area contributed by atoms with Crippen LogP contribution in [-0.2, 0) is 9.53 Å². The molecule has 18 heavy (non-hydrogen) atoms. The number of nitrogens with zero attached hydrogens (tertiary/aromatic N) is 1. The van der Waals surface area contributed by atoms with E-state index in [-0.39, 0.29) is 25.1 Å². The summed E-state index contributed by atoms with van der Waals surface area (Å²) in [6, 6.07) is 0.0300. The number of likely N-dealkylation sites (tertiary alicyclic amines) is 1. The second kappa shape index (κ2) is 7.63. The van der Waals surface area contributed by atoms with Gasteiger partial charge in [-0.25, -0.2) is 8.78 Å². The number of carbonyl (C=O) groups is 1. The van der Waals surface area contributed by atoms with Gasteiger partial charge in [0.1, 0.15) is 0 Å². The molecule has 1 fully saturated rings. The molecule has 0 bridgehead atoms. The first-order chi connectivity index (χ1) is 8.55.